The number of hydrogen-bond acceptors (Lipinski definition) is 4. The molecular formula is C10H19N3O2S. The molecule has 0 amide bonds. The topological polar surface area (TPSA) is 52.7 Å². The highest BCUT2D eigenvalue weighted by atomic mass is 32.2. The van der Waals surface area contributed by atoms with Gasteiger partial charge < -0.3 is 5.32 Å². The molecule has 0 aromatic rings. The van der Waals surface area contributed by atoms with Crippen LogP contribution in [0, 0.1) is 0 Å². The number of sulfonamides is 1. The standard InChI is InChI=1S/C10H19N3O2S/c1-2-7-16(14,15)13-5-3-12(4-6-13)10-8-11-9-10/h2,10-11H,1,3-9H2. The fourth-order valence-corrected chi connectivity index (χ4v) is 3.36. The van der Waals surface area contributed by atoms with Gasteiger partial charge in [-0.05, 0) is 0 Å². The molecule has 92 valence electrons. The first kappa shape index (κ1) is 12.0. The van der Waals surface area contributed by atoms with E-state index in [2.05, 4.69) is 16.8 Å². The second-order valence-electron chi connectivity index (χ2n) is 4.31. The van der Waals surface area contributed by atoms with Gasteiger partial charge in [-0.15, -0.1) is 6.58 Å². The summed E-state index contributed by atoms with van der Waals surface area (Å²) in [5, 5.41) is 3.23. The number of hydrogen-bond donors (Lipinski definition) is 1. The van der Waals surface area contributed by atoms with Crippen molar-refractivity contribution in [2.75, 3.05) is 45.0 Å². The lowest BCUT2D eigenvalue weighted by atomic mass is 10.1. The quantitative estimate of drug-likeness (QED) is 0.652. The minimum atomic E-state index is -3.10. The smallest absolute Gasteiger partial charge is 0.217 e. The Labute approximate surface area is 97.2 Å². The predicted molar refractivity (Wildman–Crippen MR) is 63.8 cm³/mol. The highest BCUT2D eigenvalue weighted by molar-refractivity contribution is 7.89. The van der Waals surface area contributed by atoms with Gasteiger partial charge in [0, 0.05) is 45.3 Å². The number of rotatable bonds is 4. The Morgan fingerprint density at radius 2 is 1.88 bits per heavy atom. The third kappa shape index (κ3) is 2.45. The van der Waals surface area contributed by atoms with Gasteiger partial charge in [-0.3, -0.25) is 4.90 Å². The lowest BCUT2D eigenvalue weighted by Crippen LogP contribution is -2.62. The van der Waals surface area contributed by atoms with E-state index in [-0.39, 0.29) is 5.75 Å². The maximum Gasteiger partial charge on any atom is 0.217 e. The van der Waals surface area contributed by atoms with Crippen LogP contribution in [0.1, 0.15) is 0 Å². The summed E-state index contributed by atoms with van der Waals surface area (Å²) in [6, 6.07) is 0.615. The molecule has 2 saturated heterocycles. The molecule has 0 atom stereocenters. The molecule has 2 fully saturated rings. The van der Waals surface area contributed by atoms with Gasteiger partial charge in [0.15, 0.2) is 0 Å². The zero-order valence-electron chi connectivity index (χ0n) is 9.43. The van der Waals surface area contributed by atoms with Crippen molar-refractivity contribution in [3.8, 4) is 0 Å². The molecule has 2 aliphatic heterocycles. The van der Waals surface area contributed by atoms with Gasteiger partial charge in [-0.2, -0.15) is 4.31 Å². The van der Waals surface area contributed by atoms with Crippen LogP contribution < -0.4 is 5.32 Å². The van der Waals surface area contributed by atoms with Gasteiger partial charge in [0.25, 0.3) is 0 Å². The molecular weight excluding hydrogens is 226 g/mol. The summed E-state index contributed by atoms with van der Waals surface area (Å²) in [4.78, 5) is 2.37. The van der Waals surface area contributed by atoms with Crippen LogP contribution in [0.4, 0.5) is 0 Å². The molecule has 1 N–H and O–H groups in total. The van der Waals surface area contributed by atoms with E-state index in [1.54, 1.807) is 4.31 Å². The Kier molecular flexibility index (Phi) is 3.63. The van der Waals surface area contributed by atoms with Gasteiger partial charge in [0.2, 0.25) is 10.0 Å². The van der Waals surface area contributed by atoms with E-state index in [0.717, 1.165) is 26.2 Å². The molecule has 2 heterocycles. The van der Waals surface area contributed by atoms with Gasteiger partial charge in [-0.1, -0.05) is 6.08 Å². The highest BCUT2D eigenvalue weighted by Crippen LogP contribution is 2.12. The Balaban J connectivity index is 1.86. The Morgan fingerprint density at radius 1 is 1.25 bits per heavy atom. The first-order valence-corrected chi connectivity index (χ1v) is 7.28. The number of nitrogens with one attached hydrogen (secondary N) is 1. The summed E-state index contributed by atoms with van der Waals surface area (Å²) in [5.41, 5.74) is 0. The lowest BCUT2D eigenvalue weighted by Gasteiger charge is -2.42. The van der Waals surface area contributed by atoms with Gasteiger partial charge >= 0.3 is 0 Å². The molecule has 0 spiro atoms. The van der Waals surface area contributed by atoms with Crippen LogP contribution in [0.5, 0.6) is 0 Å². The normalized spacial score (nSPS) is 25.2. The molecule has 0 unspecified atom stereocenters. The van der Waals surface area contributed by atoms with Crippen molar-refractivity contribution in [2.24, 2.45) is 0 Å². The van der Waals surface area contributed by atoms with E-state index in [4.69, 9.17) is 0 Å². The molecule has 0 radical (unpaired) electrons. The van der Waals surface area contributed by atoms with Crippen molar-refractivity contribution in [3.05, 3.63) is 12.7 Å². The SMILES string of the molecule is C=CCS(=O)(=O)N1CCN(C2CNC2)CC1. The van der Waals surface area contributed by atoms with E-state index in [1.165, 1.54) is 6.08 Å². The van der Waals surface area contributed by atoms with Crippen LogP contribution >= 0.6 is 0 Å². The molecule has 0 saturated carbocycles. The van der Waals surface area contributed by atoms with Crippen molar-refractivity contribution in [2.45, 2.75) is 6.04 Å². The van der Waals surface area contributed by atoms with Gasteiger partial charge in [-0.25, -0.2) is 8.42 Å². The minimum absolute atomic E-state index is 0.0536. The van der Waals surface area contributed by atoms with E-state index in [1.807, 2.05) is 0 Å². The summed E-state index contributed by atoms with van der Waals surface area (Å²) in [6.45, 7) is 8.50. The molecule has 6 heteroatoms. The summed E-state index contributed by atoms with van der Waals surface area (Å²) in [5.74, 6) is 0.0536. The van der Waals surface area contributed by atoms with Crippen LogP contribution in [-0.4, -0.2) is 68.7 Å². The summed E-state index contributed by atoms with van der Waals surface area (Å²) in [7, 11) is -3.10. The molecule has 0 bridgehead atoms. The van der Waals surface area contributed by atoms with E-state index < -0.39 is 10.0 Å². The first-order valence-electron chi connectivity index (χ1n) is 5.67. The highest BCUT2D eigenvalue weighted by Gasteiger charge is 2.31. The van der Waals surface area contributed by atoms with Gasteiger partial charge in [0.05, 0.1) is 5.75 Å². The van der Waals surface area contributed by atoms with Gasteiger partial charge in [0.1, 0.15) is 0 Å². The van der Waals surface area contributed by atoms with Crippen molar-refractivity contribution in [1.29, 1.82) is 0 Å². The maximum absolute atomic E-state index is 11.8. The molecule has 0 aromatic heterocycles. The Hall–Kier alpha value is -0.430. The zero-order valence-corrected chi connectivity index (χ0v) is 10.2. The van der Waals surface area contributed by atoms with Crippen molar-refractivity contribution >= 4 is 10.0 Å². The van der Waals surface area contributed by atoms with E-state index >= 15 is 0 Å². The molecule has 0 aromatic carbocycles. The number of piperazine rings is 1. The minimum Gasteiger partial charge on any atom is -0.314 e. The Morgan fingerprint density at radius 3 is 2.31 bits per heavy atom. The second kappa shape index (κ2) is 4.83. The molecule has 16 heavy (non-hydrogen) atoms. The van der Waals surface area contributed by atoms with Crippen LogP contribution in [0.25, 0.3) is 0 Å². The van der Waals surface area contributed by atoms with Crippen LogP contribution in [0.15, 0.2) is 12.7 Å². The predicted octanol–water partition coefficient (Wildman–Crippen LogP) is -0.908. The molecule has 2 aliphatic rings. The van der Waals surface area contributed by atoms with E-state index in [9.17, 15) is 8.42 Å². The summed E-state index contributed by atoms with van der Waals surface area (Å²) < 4.78 is 25.1. The lowest BCUT2D eigenvalue weighted by molar-refractivity contribution is 0.103. The number of nitrogens with zero attached hydrogens (tertiary/aromatic N) is 2. The van der Waals surface area contributed by atoms with Crippen molar-refractivity contribution in [1.82, 2.24) is 14.5 Å². The third-order valence-corrected chi connectivity index (χ3v) is 5.08. The average molecular weight is 245 g/mol. The fourth-order valence-electron chi connectivity index (χ4n) is 2.13. The fraction of sp³-hybridized carbons (Fsp3) is 0.800. The van der Waals surface area contributed by atoms with E-state index in [0.29, 0.717) is 19.1 Å². The molecule has 5 nitrogen and oxygen atoms in total. The monoisotopic (exact) mass is 245 g/mol. The Bertz CT molecular complexity index is 343. The molecule has 2 rings (SSSR count). The summed E-state index contributed by atoms with van der Waals surface area (Å²) >= 11 is 0. The summed E-state index contributed by atoms with van der Waals surface area (Å²) in [6.07, 6.45) is 1.46. The van der Waals surface area contributed by atoms with Crippen LogP contribution in [0.2, 0.25) is 0 Å². The van der Waals surface area contributed by atoms with Crippen molar-refractivity contribution in [3.63, 3.8) is 0 Å². The van der Waals surface area contributed by atoms with Crippen LogP contribution in [0.3, 0.4) is 0 Å². The third-order valence-electron chi connectivity index (χ3n) is 3.27. The van der Waals surface area contributed by atoms with Crippen molar-refractivity contribution < 1.29 is 8.42 Å². The zero-order chi connectivity index (χ0) is 11.6. The first-order chi connectivity index (χ1) is 7.63. The largest absolute Gasteiger partial charge is 0.314 e. The van der Waals surface area contributed by atoms with Crippen LogP contribution in [-0.2, 0) is 10.0 Å². The molecule has 0 aliphatic carbocycles. The second-order valence-corrected chi connectivity index (χ2v) is 6.33. The average Bonchev–Trinajstić information content (AvgIpc) is 2.16. The maximum atomic E-state index is 11.8.